The van der Waals surface area contributed by atoms with Gasteiger partial charge in [-0.1, -0.05) is 47.1 Å². The first-order chi connectivity index (χ1) is 9.66. The lowest BCUT2D eigenvalue weighted by molar-refractivity contribution is 0.465. The van der Waals surface area contributed by atoms with E-state index in [1.165, 1.54) is 0 Å². The smallest absolute Gasteiger partial charge is 0.144 e. The number of hydrogen-bond acceptors (Lipinski definition) is 3. The summed E-state index contributed by atoms with van der Waals surface area (Å²) in [5.74, 6) is 0.197. The highest BCUT2D eigenvalue weighted by Gasteiger charge is 2.11. The van der Waals surface area contributed by atoms with Crippen molar-refractivity contribution in [3.63, 3.8) is 0 Å². The first-order valence-electron chi connectivity index (χ1n) is 6.13. The molecule has 100 valence electrons. The standard InChI is InChI=1S/C15H12ClN3O/c1-10-5-4-8-14(15(10)20)19-9-13(17-18-19)11-6-2-3-7-12(11)16/h2-9,20H,1H3. The third-order valence-corrected chi connectivity index (χ3v) is 3.44. The maximum Gasteiger partial charge on any atom is 0.144 e. The summed E-state index contributed by atoms with van der Waals surface area (Å²) in [6.07, 6.45) is 1.75. The Labute approximate surface area is 121 Å². The van der Waals surface area contributed by atoms with Crippen molar-refractivity contribution in [3.05, 3.63) is 59.2 Å². The maximum absolute atomic E-state index is 10.1. The fraction of sp³-hybridized carbons (Fsp3) is 0.0667. The van der Waals surface area contributed by atoms with E-state index in [9.17, 15) is 5.11 Å². The first-order valence-corrected chi connectivity index (χ1v) is 6.51. The van der Waals surface area contributed by atoms with Crippen LogP contribution in [0, 0.1) is 6.92 Å². The summed E-state index contributed by atoms with van der Waals surface area (Å²) < 4.78 is 1.54. The zero-order valence-corrected chi connectivity index (χ0v) is 11.5. The van der Waals surface area contributed by atoms with E-state index in [0.717, 1.165) is 11.1 Å². The molecule has 2 aromatic carbocycles. The summed E-state index contributed by atoms with van der Waals surface area (Å²) in [7, 11) is 0. The van der Waals surface area contributed by atoms with Gasteiger partial charge < -0.3 is 5.11 Å². The van der Waals surface area contributed by atoms with Crippen LogP contribution in [0.1, 0.15) is 5.56 Å². The lowest BCUT2D eigenvalue weighted by Gasteiger charge is -2.05. The molecule has 4 nitrogen and oxygen atoms in total. The zero-order valence-electron chi connectivity index (χ0n) is 10.8. The van der Waals surface area contributed by atoms with Crippen LogP contribution in [0.2, 0.25) is 5.02 Å². The van der Waals surface area contributed by atoms with Gasteiger partial charge in [-0.15, -0.1) is 5.10 Å². The molecule has 0 unspecified atom stereocenters. The molecule has 0 aliphatic carbocycles. The predicted octanol–water partition coefficient (Wildman–Crippen LogP) is 3.60. The van der Waals surface area contributed by atoms with Crippen LogP contribution in [-0.2, 0) is 0 Å². The number of aromatic hydroxyl groups is 1. The SMILES string of the molecule is Cc1cccc(-n2cc(-c3ccccc3Cl)nn2)c1O. The van der Waals surface area contributed by atoms with Gasteiger partial charge in [-0.25, -0.2) is 4.68 Å². The maximum atomic E-state index is 10.1. The number of aryl methyl sites for hydroxylation is 1. The largest absolute Gasteiger partial charge is 0.505 e. The highest BCUT2D eigenvalue weighted by molar-refractivity contribution is 6.33. The molecule has 0 spiro atoms. The second-order valence-electron chi connectivity index (χ2n) is 4.47. The average Bonchev–Trinajstić information content (AvgIpc) is 2.92. The second kappa shape index (κ2) is 4.98. The topological polar surface area (TPSA) is 50.9 Å². The molecule has 1 aromatic heterocycles. The van der Waals surface area contributed by atoms with Crippen LogP contribution >= 0.6 is 11.6 Å². The molecular weight excluding hydrogens is 274 g/mol. The molecule has 3 aromatic rings. The molecule has 0 bridgehead atoms. The molecule has 1 heterocycles. The van der Waals surface area contributed by atoms with Gasteiger partial charge in [0.1, 0.15) is 17.1 Å². The van der Waals surface area contributed by atoms with E-state index >= 15 is 0 Å². The molecule has 20 heavy (non-hydrogen) atoms. The van der Waals surface area contributed by atoms with E-state index in [0.29, 0.717) is 16.4 Å². The monoisotopic (exact) mass is 285 g/mol. The third-order valence-electron chi connectivity index (χ3n) is 3.11. The zero-order chi connectivity index (χ0) is 14.1. The summed E-state index contributed by atoms with van der Waals surface area (Å²) in [6, 6.07) is 12.9. The van der Waals surface area contributed by atoms with Gasteiger partial charge in [-0.3, -0.25) is 0 Å². The van der Waals surface area contributed by atoms with E-state index < -0.39 is 0 Å². The van der Waals surface area contributed by atoms with Crippen molar-refractivity contribution in [2.75, 3.05) is 0 Å². The summed E-state index contributed by atoms with van der Waals surface area (Å²) >= 11 is 6.14. The van der Waals surface area contributed by atoms with Crippen molar-refractivity contribution in [1.29, 1.82) is 0 Å². The second-order valence-corrected chi connectivity index (χ2v) is 4.88. The lowest BCUT2D eigenvalue weighted by Crippen LogP contribution is -1.96. The third kappa shape index (κ3) is 2.14. The number of phenols is 1. The van der Waals surface area contributed by atoms with Gasteiger partial charge in [0.25, 0.3) is 0 Å². The Bertz CT molecular complexity index is 767. The molecule has 3 rings (SSSR count). The number of aromatic nitrogens is 3. The van der Waals surface area contributed by atoms with Crippen LogP contribution in [0.15, 0.2) is 48.7 Å². The van der Waals surface area contributed by atoms with Gasteiger partial charge in [-0.05, 0) is 24.6 Å². The Morgan fingerprint density at radius 3 is 2.70 bits per heavy atom. The molecule has 0 fully saturated rings. The van der Waals surface area contributed by atoms with Gasteiger partial charge in [0.2, 0.25) is 0 Å². The summed E-state index contributed by atoms with van der Waals surface area (Å²) in [6.45, 7) is 1.84. The van der Waals surface area contributed by atoms with Gasteiger partial charge in [-0.2, -0.15) is 0 Å². The van der Waals surface area contributed by atoms with Crippen molar-refractivity contribution in [2.24, 2.45) is 0 Å². The van der Waals surface area contributed by atoms with E-state index in [2.05, 4.69) is 10.3 Å². The van der Waals surface area contributed by atoms with Crippen LogP contribution in [0.3, 0.4) is 0 Å². The molecular formula is C15H12ClN3O. The highest BCUT2D eigenvalue weighted by Crippen LogP contribution is 2.28. The minimum Gasteiger partial charge on any atom is -0.505 e. The molecule has 0 atom stereocenters. The van der Waals surface area contributed by atoms with Gasteiger partial charge >= 0.3 is 0 Å². The number of hydrogen-bond donors (Lipinski definition) is 1. The minimum atomic E-state index is 0.197. The summed E-state index contributed by atoms with van der Waals surface area (Å²) in [5, 5.41) is 18.9. The Kier molecular flexibility index (Phi) is 3.16. The van der Waals surface area contributed by atoms with Gasteiger partial charge in [0.05, 0.1) is 11.2 Å². The van der Waals surface area contributed by atoms with E-state index in [1.54, 1.807) is 23.0 Å². The molecule has 5 heteroatoms. The van der Waals surface area contributed by atoms with Crippen molar-refractivity contribution in [2.45, 2.75) is 6.92 Å². The van der Waals surface area contributed by atoms with Crippen molar-refractivity contribution < 1.29 is 5.11 Å². The average molecular weight is 286 g/mol. The molecule has 0 aliphatic rings. The normalized spacial score (nSPS) is 10.7. The first kappa shape index (κ1) is 12.7. The Hall–Kier alpha value is -2.33. The fourth-order valence-electron chi connectivity index (χ4n) is 2.00. The molecule has 1 N–H and O–H groups in total. The number of nitrogens with zero attached hydrogens (tertiary/aromatic N) is 3. The van der Waals surface area contributed by atoms with Crippen molar-refractivity contribution in [1.82, 2.24) is 15.0 Å². The highest BCUT2D eigenvalue weighted by atomic mass is 35.5. The van der Waals surface area contributed by atoms with Crippen LogP contribution < -0.4 is 0 Å². The van der Waals surface area contributed by atoms with E-state index in [1.807, 2.05) is 37.3 Å². The summed E-state index contributed by atoms with van der Waals surface area (Å²) in [4.78, 5) is 0. The minimum absolute atomic E-state index is 0.197. The van der Waals surface area contributed by atoms with Crippen LogP contribution in [0.25, 0.3) is 16.9 Å². The van der Waals surface area contributed by atoms with Crippen molar-refractivity contribution in [3.8, 4) is 22.7 Å². The quantitative estimate of drug-likeness (QED) is 0.782. The number of benzene rings is 2. The molecule has 0 amide bonds. The lowest BCUT2D eigenvalue weighted by atomic mass is 10.1. The number of halogens is 1. The molecule has 0 aliphatic heterocycles. The van der Waals surface area contributed by atoms with Gasteiger partial charge in [0.15, 0.2) is 0 Å². The molecule has 0 radical (unpaired) electrons. The van der Waals surface area contributed by atoms with E-state index in [4.69, 9.17) is 11.6 Å². The predicted molar refractivity (Wildman–Crippen MR) is 78.2 cm³/mol. The van der Waals surface area contributed by atoms with E-state index in [-0.39, 0.29) is 5.75 Å². The number of rotatable bonds is 2. The fourth-order valence-corrected chi connectivity index (χ4v) is 2.23. The number of phenolic OH excluding ortho intramolecular Hbond substituents is 1. The molecule has 0 saturated heterocycles. The Morgan fingerprint density at radius 1 is 1.10 bits per heavy atom. The van der Waals surface area contributed by atoms with Crippen molar-refractivity contribution >= 4 is 11.6 Å². The van der Waals surface area contributed by atoms with Gasteiger partial charge in [0, 0.05) is 5.56 Å². The Balaban J connectivity index is 2.07. The molecule has 0 saturated carbocycles. The number of para-hydroxylation sites is 1. The van der Waals surface area contributed by atoms with Crippen LogP contribution in [0.4, 0.5) is 0 Å². The van der Waals surface area contributed by atoms with Crippen LogP contribution in [-0.4, -0.2) is 20.1 Å². The summed E-state index contributed by atoms with van der Waals surface area (Å²) in [5.41, 5.74) is 2.86. The van der Waals surface area contributed by atoms with Crippen LogP contribution in [0.5, 0.6) is 5.75 Å². The Morgan fingerprint density at radius 2 is 1.90 bits per heavy atom.